The SMILES string of the molecule is O=C(O)C1CCSNC1. The maximum atomic E-state index is 10.3. The second-order valence-corrected chi connectivity index (χ2v) is 3.01. The molecule has 0 saturated carbocycles. The number of hydrogen-bond acceptors (Lipinski definition) is 3. The molecule has 1 fully saturated rings. The lowest BCUT2D eigenvalue weighted by Crippen LogP contribution is -2.29. The van der Waals surface area contributed by atoms with Gasteiger partial charge in [0.25, 0.3) is 0 Å². The molecule has 52 valence electrons. The number of nitrogens with one attached hydrogen (secondary N) is 1. The number of rotatable bonds is 1. The summed E-state index contributed by atoms with van der Waals surface area (Å²) in [5, 5.41) is 8.49. The molecule has 0 amide bonds. The predicted octanol–water partition coefficient (Wildman–Crippen LogP) is 0.329. The highest BCUT2D eigenvalue weighted by Gasteiger charge is 2.19. The van der Waals surface area contributed by atoms with E-state index in [1.165, 1.54) is 0 Å². The first-order valence-electron chi connectivity index (χ1n) is 2.88. The van der Waals surface area contributed by atoms with Gasteiger partial charge < -0.3 is 5.11 Å². The Labute approximate surface area is 58.0 Å². The van der Waals surface area contributed by atoms with E-state index >= 15 is 0 Å². The molecule has 1 unspecified atom stereocenters. The van der Waals surface area contributed by atoms with Crippen molar-refractivity contribution < 1.29 is 9.90 Å². The Balaban J connectivity index is 2.31. The van der Waals surface area contributed by atoms with Gasteiger partial charge in [-0.25, -0.2) is 0 Å². The average molecular weight is 147 g/mol. The molecule has 1 rings (SSSR count). The van der Waals surface area contributed by atoms with Crippen LogP contribution < -0.4 is 4.72 Å². The molecule has 3 nitrogen and oxygen atoms in total. The fraction of sp³-hybridized carbons (Fsp3) is 0.800. The van der Waals surface area contributed by atoms with Crippen molar-refractivity contribution in [2.24, 2.45) is 5.92 Å². The minimum absolute atomic E-state index is 0.161. The van der Waals surface area contributed by atoms with Gasteiger partial charge in [0.1, 0.15) is 0 Å². The second kappa shape index (κ2) is 3.08. The van der Waals surface area contributed by atoms with Gasteiger partial charge in [-0.3, -0.25) is 9.52 Å². The molecule has 1 heterocycles. The number of hydrogen-bond donors (Lipinski definition) is 2. The standard InChI is InChI=1S/C5H9NO2S/c7-5(8)4-1-2-9-6-3-4/h4,6H,1-3H2,(H,7,8). The Morgan fingerprint density at radius 3 is 2.89 bits per heavy atom. The Kier molecular flexibility index (Phi) is 2.36. The van der Waals surface area contributed by atoms with Crippen molar-refractivity contribution in [2.45, 2.75) is 6.42 Å². The Morgan fingerprint density at radius 1 is 1.78 bits per heavy atom. The summed E-state index contributed by atoms with van der Waals surface area (Å²) in [5.41, 5.74) is 0. The second-order valence-electron chi connectivity index (χ2n) is 2.02. The van der Waals surface area contributed by atoms with Crippen LogP contribution >= 0.6 is 11.9 Å². The first kappa shape index (κ1) is 6.89. The van der Waals surface area contributed by atoms with E-state index in [9.17, 15) is 4.79 Å². The van der Waals surface area contributed by atoms with E-state index < -0.39 is 5.97 Å². The minimum atomic E-state index is -0.678. The van der Waals surface area contributed by atoms with Crippen molar-refractivity contribution in [3.8, 4) is 0 Å². The first-order chi connectivity index (χ1) is 4.30. The summed E-state index contributed by atoms with van der Waals surface area (Å²) in [6, 6.07) is 0. The van der Waals surface area contributed by atoms with Crippen molar-refractivity contribution >= 4 is 17.9 Å². The Hall–Kier alpha value is -0.220. The lowest BCUT2D eigenvalue weighted by atomic mass is 10.1. The quantitative estimate of drug-likeness (QED) is 0.525. The zero-order valence-corrected chi connectivity index (χ0v) is 5.78. The van der Waals surface area contributed by atoms with E-state index in [4.69, 9.17) is 5.11 Å². The van der Waals surface area contributed by atoms with Gasteiger partial charge in [0, 0.05) is 12.3 Å². The predicted molar refractivity (Wildman–Crippen MR) is 36.2 cm³/mol. The van der Waals surface area contributed by atoms with Gasteiger partial charge in [0.2, 0.25) is 0 Å². The third-order valence-corrected chi connectivity index (χ3v) is 2.16. The minimum Gasteiger partial charge on any atom is -0.481 e. The highest BCUT2D eigenvalue weighted by Crippen LogP contribution is 2.13. The van der Waals surface area contributed by atoms with E-state index in [0.717, 1.165) is 12.2 Å². The topological polar surface area (TPSA) is 49.3 Å². The summed E-state index contributed by atoms with van der Waals surface area (Å²) < 4.78 is 2.95. The van der Waals surface area contributed by atoms with Crippen LogP contribution in [0.15, 0.2) is 0 Å². The van der Waals surface area contributed by atoms with Gasteiger partial charge in [-0.15, -0.1) is 0 Å². The highest BCUT2D eigenvalue weighted by atomic mass is 32.2. The third kappa shape index (κ3) is 1.87. The van der Waals surface area contributed by atoms with Crippen molar-refractivity contribution in [3.63, 3.8) is 0 Å². The summed E-state index contributed by atoms with van der Waals surface area (Å²) >= 11 is 1.60. The normalized spacial score (nSPS) is 27.8. The summed E-state index contributed by atoms with van der Waals surface area (Å²) in [7, 11) is 0. The van der Waals surface area contributed by atoms with Gasteiger partial charge in [-0.05, 0) is 6.42 Å². The molecule has 1 saturated heterocycles. The molecule has 1 atom stereocenters. The van der Waals surface area contributed by atoms with Gasteiger partial charge >= 0.3 is 5.97 Å². The van der Waals surface area contributed by atoms with Crippen molar-refractivity contribution in [1.82, 2.24) is 4.72 Å². The van der Waals surface area contributed by atoms with Gasteiger partial charge in [0.15, 0.2) is 0 Å². The van der Waals surface area contributed by atoms with Crippen LogP contribution in [0.5, 0.6) is 0 Å². The average Bonchev–Trinajstić information content (AvgIpc) is 1.90. The zero-order chi connectivity index (χ0) is 6.69. The van der Waals surface area contributed by atoms with Crippen LogP contribution in [-0.4, -0.2) is 23.4 Å². The summed E-state index contributed by atoms with van der Waals surface area (Å²) in [6.07, 6.45) is 0.799. The summed E-state index contributed by atoms with van der Waals surface area (Å²) in [6.45, 7) is 0.611. The van der Waals surface area contributed by atoms with E-state index in [-0.39, 0.29) is 5.92 Å². The van der Waals surface area contributed by atoms with Gasteiger partial charge in [-0.2, -0.15) is 0 Å². The van der Waals surface area contributed by atoms with Crippen LogP contribution in [-0.2, 0) is 4.79 Å². The number of carbonyl (C=O) groups is 1. The molecule has 0 aromatic carbocycles. The van der Waals surface area contributed by atoms with E-state index in [0.29, 0.717) is 6.54 Å². The molecule has 9 heavy (non-hydrogen) atoms. The molecule has 4 heteroatoms. The molecule has 0 aromatic heterocycles. The number of carboxylic acids is 1. The molecule has 0 aliphatic carbocycles. The molecule has 0 spiro atoms. The summed E-state index contributed by atoms with van der Waals surface area (Å²) in [5.74, 6) is 0.0748. The third-order valence-electron chi connectivity index (χ3n) is 1.35. The fourth-order valence-electron chi connectivity index (χ4n) is 0.746. The number of carboxylic acid groups (broad SMARTS) is 1. The van der Waals surface area contributed by atoms with E-state index in [2.05, 4.69) is 4.72 Å². The van der Waals surface area contributed by atoms with E-state index in [1.54, 1.807) is 11.9 Å². The molecule has 0 bridgehead atoms. The lowest BCUT2D eigenvalue weighted by Gasteiger charge is -2.17. The number of aliphatic carboxylic acids is 1. The molecule has 0 radical (unpaired) electrons. The Morgan fingerprint density at radius 2 is 2.56 bits per heavy atom. The molecule has 0 aromatic rings. The van der Waals surface area contributed by atoms with Crippen LogP contribution in [0.4, 0.5) is 0 Å². The van der Waals surface area contributed by atoms with Crippen LogP contribution in [0, 0.1) is 5.92 Å². The van der Waals surface area contributed by atoms with Crippen LogP contribution in [0.3, 0.4) is 0 Å². The first-order valence-corrected chi connectivity index (χ1v) is 3.86. The maximum absolute atomic E-state index is 10.3. The van der Waals surface area contributed by atoms with Gasteiger partial charge in [-0.1, -0.05) is 11.9 Å². The van der Waals surface area contributed by atoms with Crippen LogP contribution in [0.1, 0.15) is 6.42 Å². The summed E-state index contributed by atoms with van der Waals surface area (Å²) in [4.78, 5) is 10.3. The fourth-order valence-corrected chi connectivity index (χ4v) is 1.61. The molecule has 1 aliphatic heterocycles. The Bertz CT molecular complexity index is 112. The molecular formula is C5H9NO2S. The monoisotopic (exact) mass is 147 g/mol. The molecule has 2 N–H and O–H groups in total. The van der Waals surface area contributed by atoms with Crippen molar-refractivity contribution in [1.29, 1.82) is 0 Å². The van der Waals surface area contributed by atoms with Crippen LogP contribution in [0.2, 0.25) is 0 Å². The van der Waals surface area contributed by atoms with Crippen molar-refractivity contribution in [3.05, 3.63) is 0 Å². The van der Waals surface area contributed by atoms with Crippen LogP contribution in [0.25, 0.3) is 0 Å². The maximum Gasteiger partial charge on any atom is 0.307 e. The lowest BCUT2D eigenvalue weighted by molar-refractivity contribution is -0.141. The molecule has 1 aliphatic rings. The smallest absolute Gasteiger partial charge is 0.307 e. The zero-order valence-electron chi connectivity index (χ0n) is 4.96. The molecular weight excluding hydrogens is 138 g/mol. The van der Waals surface area contributed by atoms with Crippen molar-refractivity contribution in [2.75, 3.05) is 12.3 Å². The van der Waals surface area contributed by atoms with Gasteiger partial charge in [0.05, 0.1) is 5.92 Å². The largest absolute Gasteiger partial charge is 0.481 e. The highest BCUT2D eigenvalue weighted by molar-refractivity contribution is 7.97. The van der Waals surface area contributed by atoms with E-state index in [1.807, 2.05) is 0 Å².